The highest BCUT2D eigenvalue weighted by molar-refractivity contribution is 5.89. The van der Waals surface area contributed by atoms with Crippen LogP contribution in [0.4, 0.5) is 5.69 Å². The van der Waals surface area contributed by atoms with Crippen LogP contribution in [0.1, 0.15) is 28.8 Å². The maximum Gasteiger partial charge on any atom is 0.337 e. The lowest BCUT2D eigenvalue weighted by Crippen LogP contribution is -2.51. The van der Waals surface area contributed by atoms with Crippen molar-refractivity contribution in [1.82, 2.24) is 4.90 Å². The van der Waals surface area contributed by atoms with Crippen LogP contribution >= 0.6 is 0 Å². The van der Waals surface area contributed by atoms with Crippen molar-refractivity contribution in [3.63, 3.8) is 0 Å². The van der Waals surface area contributed by atoms with E-state index in [0.717, 1.165) is 31.1 Å². The van der Waals surface area contributed by atoms with Gasteiger partial charge in [-0.05, 0) is 61.4 Å². The van der Waals surface area contributed by atoms with E-state index in [9.17, 15) is 9.90 Å². The quantitative estimate of drug-likeness (QED) is 0.653. The molecule has 1 aliphatic rings. The van der Waals surface area contributed by atoms with Crippen molar-refractivity contribution in [2.45, 2.75) is 18.4 Å². The van der Waals surface area contributed by atoms with Crippen LogP contribution in [-0.2, 0) is 4.74 Å². The van der Waals surface area contributed by atoms with Crippen molar-refractivity contribution in [3.05, 3.63) is 59.7 Å². The second kappa shape index (κ2) is 10.3. The highest BCUT2D eigenvalue weighted by atomic mass is 16.5. The number of nitriles is 1. The average molecular weight is 424 g/mol. The lowest BCUT2D eigenvalue weighted by atomic mass is 9.90. The molecule has 7 heteroatoms. The van der Waals surface area contributed by atoms with E-state index >= 15 is 0 Å². The Kier molecular flexibility index (Phi) is 7.50. The van der Waals surface area contributed by atoms with Crippen molar-refractivity contribution in [3.8, 4) is 11.8 Å². The SMILES string of the molecule is COC(=O)c1ccc(N(C)CC2(O)CCN(CCOc3ccc(C#N)cc3)CC2)cc1. The molecule has 0 saturated carbocycles. The first-order chi connectivity index (χ1) is 14.9. The van der Waals surface area contributed by atoms with E-state index in [4.69, 9.17) is 14.7 Å². The second-order valence-corrected chi connectivity index (χ2v) is 7.95. The number of benzene rings is 2. The van der Waals surface area contributed by atoms with E-state index in [1.807, 2.05) is 24.1 Å². The van der Waals surface area contributed by atoms with Gasteiger partial charge < -0.3 is 19.5 Å². The molecule has 1 N–H and O–H groups in total. The maximum absolute atomic E-state index is 11.6. The molecule has 2 aromatic rings. The number of piperidine rings is 1. The fourth-order valence-electron chi connectivity index (χ4n) is 3.77. The Labute approximate surface area is 183 Å². The van der Waals surface area contributed by atoms with Gasteiger partial charge >= 0.3 is 5.97 Å². The van der Waals surface area contributed by atoms with Crippen molar-refractivity contribution in [2.24, 2.45) is 0 Å². The largest absolute Gasteiger partial charge is 0.492 e. The first-order valence-corrected chi connectivity index (χ1v) is 10.4. The number of anilines is 1. The third kappa shape index (κ3) is 6.20. The summed E-state index contributed by atoms with van der Waals surface area (Å²) in [6.45, 7) is 3.50. The van der Waals surface area contributed by atoms with Crippen molar-refractivity contribution < 1.29 is 19.4 Å². The summed E-state index contributed by atoms with van der Waals surface area (Å²) in [7, 11) is 3.31. The molecule has 0 aromatic heterocycles. The van der Waals surface area contributed by atoms with E-state index in [1.165, 1.54) is 7.11 Å². The smallest absolute Gasteiger partial charge is 0.337 e. The van der Waals surface area contributed by atoms with Crippen molar-refractivity contribution in [2.75, 3.05) is 51.8 Å². The van der Waals surface area contributed by atoms with Gasteiger partial charge in [-0.25, -0.2) is 4.79 Å². The zero-order chi connectivity index (χ0) is 22.3. The summed E-state index contributed by atoms with van der Waals surface area (Å²) in [5.74, 6) is 0.399. The number of aliphatic hydroxyl groups is 1. The number of nitrogens with zero attached hydrogens (tertiary/aromatic N) is 3. The number of methoxy groups -OCH3 is 1. The van der Waals surface area contributed by atoms with Gasteiger partial charge in [-0.15, -0.1) is 0 Å². The molecular formula is C24H29N3O4. The Morgan fingerprint density at radius 2 is 1.81 bits per heavy atom. The highest BCUT2D eigenvalue weighted by Gasteiger charge is 2.33. The van der Waals surface area contributed by atoms with E-state index in [0.29, 0.717) is 37.1 Å². The van der Waals surface area contributed by atoms with Crippen molar-refractivity contribution >= 4 is 11.7 Å². The molecule has 0 aliphatic carbocycles. The number of likely N-dealkylation sites (tertiary alicyclic amines) is 1. The molecule has 1 saturated heterocycles. The summed E-state index contributed by atoms with van der Waals surface area (Å²) in [6, 6.07) is 16.4. The zero-order valence-electron chi connectivity index (χ0n) is 18.1. The third-order valence-corrected chi connectivity index (χ3v) is 5.71. The molecule has 0 unspecified atom stereocenters. The molecule has 31 heavy (non-hydrogen) atoms. The minimum absolute atomic E-state index is 0.358. The van der Waals surface area contributed by atoms with Crippen LogP contribution in [0.5, 0.6) is 5.75 Å². The van der Waals surface area contributed by atoms with Gasteiger partial charge in [0, 0.05) is 38.9 Å². The van der Waals surface area contributed by atoms with Gasteiger partial charge in [0.05, 0.1) is 29.9 Å². The molecule has 0 atom stereocenters. The molecule has 3 rings (SSSR count). The molecule has 0 amide bonds. The summed E-state index contributed by atoms with van der Waals surface area (Å²) in [4.78, 5) is 15.9. The minimum atomic E-state index is -0.750. The summed E-state index contributed by atoms with van der Waals surface area (Å²) >= 11 is 0. The molecule has 1 aliphatic heterocycles. The van der Waals surface area contributed by atoms with E-state index in [2.05, 4.69) is 11.0 Å². The third-order valence-electron chi connectivity index (χ3n) is 5.71. The van der Waals surface area contributed by atoms with Gasteiger partial charge in [-0.1, -0.05) is 0 Å². The lowest BCUT2D eigenvalue weighted by molar-refractivity contribution is -0.0162. The molecule has 7 nitrogen and oxygen atoms in total. The molecule has 1 heterocycles. The Balaban J connectivity index is 1.43. The van der Waals surface area contributed by atoms with Crippen LogP contribution in [0.15, 0.2) is 48.5 Å². The van der Waals surface area contributed by atoms with Crippen LogP contribution in [0.2, 0.25) is 0 Å². The van der Waals surface area contributed by atoms with Gasteiger partial charge in [0.25, 0.3) is 0 Å². The summed E-state index contributed by atoms with van der Waals surface area (Å²) in [6.07, 6.45) is 1.38. The number of ether oxygens (including phenoxy) is 2. The van der Waals surface area contributed by atoms with Crippen LogP contribution in [0.25, 0.3) is 0 Å². The summed E-state index contributed by atoms with van der Waals surface area (Å²) in [5.41, 5.74) is 1.32. The minimum Gasteiger partial charge on any atom is -0.492 e. The van der Waals surface area contributed by atoms with E-state index in [-0.39, 0.29) is 5.97 Å². The monoisotopic (exact) mass is 423 g/mol. The predicted octanol–water partition coefficient (Wildman–Crippen LogP) is 2.69. The fraction of sp³-hybridized carbons (Fsp3) is 0.417. The first kappa shape index (κ1) is 22.6. The Bertz CT molecular complexity index is 898. The van der Waals surface area contributed by atoms with Crippen LogP contribution < -0.4 is 9.64 Å². The number of likely N-dealkylation sites (N-methyl/N-ethyl adjacent to an activating group) is 1. The van der Waals surface area contributed by atoms with Crippen LogP contribution in [-0.4, -0.2) is 68.5 Å². The van der Waals surface area contributed by atoms with Crippen molar-refractivity contribution in [1.29, 1.82) is 5.26 Å². The van der Waals surface area contributed by atoms with E-state index < -0.39 is 5.60 Å². The molecular weight excluding hydrogens is 394 g/mol. The molecule has 0 radical (unpaired) electrons. The molecule has 1 fully saturated rings. The lowest BCUT2D eigenvalue weighted by Gasteiger charge is -2.40. The van der Waals surface area contributed by atoms with Gasteiger partial charge in [0.15, 0.2) is 0 Å². The van der Waals surface area contributed by atoms with E-state index in [1.54, 1.807) is 36.4 Å². The Hall–Kier alpha value is -3.08. The maximum atomic E-state index is 11.6. The first-order valence-electron chi connectivity index (χ1n) is 10.4. The normalized spacial score (nSPS) is 15.7. The summed E-state index contributed by atoms with van der Waals surface area (Å²) < 4.78 is 10.5. The number of hydrogen-bond acceptors (Lipinski definition) is 7. The second-order valence-electron chi connectivity index (χ2n) is 7.95. The van der Waals surface area contributed by atoms with Crippen LogP contribution in [0.3, 0.4) is 0 Å². The fourth-order valence-corrected chi connectivity index (χ4v) is 3.77. The Morgan fingerprint density at radius 3 is 2.39 bits per heavy atom. The highest BCUT2D eigenvalue weighted by Crippen LogP contribution is 2.25. The predicted molar refractivity (Wildman–Crippen MR) is 118 cm³/mol. The van der Waals surface area contributed by atoms with Crippen LogP contribution in [0, 0.1) is 11.3 Å². The molecule has 164 valence electrons. The number of hydrogen-bond donors (Lipinski definition) is 1. The topological polar surface area (TPSA) is 86.0 Å². The van der Waals surface area contributed by atoms with Gasteiger partial charge in [-0.3, -0.25) is 4.90 Å². The standard InChI is InChI=1S/C24H29N3O4/c1-26(21-7-5-20(6-8-21)23(28)30-2)18-24(29)11-13-27(14-12-24)15-16-31-22-9-3-19(17-25)4-10-22/h3-10,29H,11-16,18H2,1-2H3. The van der Waals surface area contributed by atoms with Gasteiger partial charge in [0.2, 0.25) is 0 Å². The molecule has 0 spiro atoms. The number of carbonyl (C=O) groups is 1. The van der Waals surface area contributed by atoms with Gasteiger partial charge in [-0.2, -0.15) is 5.26 Å². The molecule has 2 aromatic carbocycles. The summed E-state index contributed by atoms with van der Waals surface area (Å²) in [5, 5.41) is 19.9. The Morgan fingerprint density at radius 1 is 1.16 bits per heavy atom. The average Bonchev–Trinajstić information content (AvgIpc) is 2.80. The number of rotatable bonds is 8. The van der Waals surface area contributed by atoms with Gasteiger partial charge in [0.1, 0.15) is 12.4 Å². The number of carbonyl (C=O) groups excluding carboxylic acids is 1. The number of esters is 1. The molecule has 0 bridgehead atoms. The zero-order valence-corrected chi connectivity index (χ0v) is 18.1.